The second-order valence-electron chi connectivity index (χ2n) is 4.82. The van der Waals surface area contributed by atoms with Crippen molar-refractivity contribution >= 4 is 34.5 Å². The molecular formula is C18H14ClNOS. The highest BCUT2D eigenvalue weighted by Crippen LogP contribution is 2.26. The smallest absolute Gasteiger partial charge is 0.268 e. The number of benzene rings is 2. The minimum absolute atomic E-state index is 0.0352. The Labute approximate surface area is 138 Å². The predicted octanol–water partition coefficient (Wildman–Crippen LogP) is 5.25. The van der Waals surface area contributed by atoms with E-state index in [0.717, 1.165) is 11.3 Å². The zero-order valence-electron chi connectivity index (χ0n) is 11.8. The van der Waals surface area contributed by atoms with E-state index in [4.69, 9.17) is 11.6 Å². The SMILES string of the molecule is O=C(c1ccc(Cl)s1)N(Cc1ccccc1)c1ccccc1. The van der Waals surface area contributed by atoms with E-state index in [1.807, 2.05) is 60.7 Å². The molecule has 0 spiro atoms. The van der Waals surface area contributed by atoms with Crippen LogP contribution in [0.2, 0.25) is 4.34 Å². The molecule has 0 bridgehead atoms. The molecule has 3 aromatic rings. The maximum Gasteiger partial charge on any atom is 0.268 e. The van der Waals surface area contributed by atoms with E-state index in [1.54, 1.807) is 17.0 Å². The highest BCUT2D eigenvalue weighted by atomic mass is 35.5. The van der Waals surface area contributed by atoms with E-state index in [0.29, 0.717) is 15.8 Å². The number of hydrogen-bond donors (Lipinski definition) is 0. The second-order valence-corrected chi connectivity index (χ2v) is 6.53. The molecule has 0 N–H and O–H groups in total. The largest absolute Gasteiger partial charge is 0.303 e. The Kier molecular flexibility index (Phi) is 4.56. The van der Waals surface area contributed by atoms with E-state index in [2.05, 4.69) is 0 Å². The molecule has 0 aliphatic rings. The van der Waals surface area contributed by atoms with Crippen LogP contribution in [0.25, 0.3) is 0 Å². The van der Waals surface area contributed by atoms with Gasteiger partial charge in [-0.05, 0) is 29.8 Å². The quantitative estimate of drug-likeness (QED) is 0.641. The maximum absolute atomic E-state index is 12.8. The summed E-state index contributed by atoms with van der Waals surface area (Å²) in [7, 11) is 0. The average molecular weight is 328 g/mol. The van der Waals surface area contributed by atoms with Crippen LogP contribution in [0.3, 0.4) is 0 Å². The molecule has 4 heteroatoms. The summed E-state index contributed by atoms with van der Waals surface area (Å²) >= 11 is 7.27. The molecule has 1 amide bonds. The number of nitrogens with zero attached hydrogens (tertiary/aromatic N) is 1. The molecule has 0 aliphatic heterocycles. The van der Waals surface area contributed by atoms with Crippen molar-refractivity contribution in [2.45, 2.75) is 6.54 Å². The first-order chi connectivity index (χ1) is 10.7. The van der Waals surface area contributed by atoms with Crippen LogP contribution in [-0.4, -0.2) is 5.91 Å². The fourth-order valence-corrected chi connectivity index (χ4v) is 3.21. The van der Waals surface area contributed by atoms with Gasteiger partial charge in [0.1, 0.15) is 0 Å². The predicted molar refractivity (Wildman–Crippen MR) is 92.7 cm³/mol. The van der Waals surface area contributed by atoms with Crippen molar-refractivity contribution in [1.29, 1.82) is 0 Å². The normalized spacial score (nSPS) is 10.4. The lowest BCUT2D eigenvalue weighted by atomic mass is 10.2. The molecule has 0 radical (unpaired) electrons. The summed E-state index contributed by atoms with van der Waals surface area (Å²) < 4.78 is 0.621. The third-order valence-electron chi connectivity index (χ3n) is 3.28. The number of thiophene rings is 1. The number of anilines is 1. The van der Waals surface area contributed by atoms with Crippen molar-refractivity contribution < 1.29 is 4.79 Å². The van der Waals surface area contributed by atoms with E-state index >= 15 is 0 Å². The third kappa shape index (κ3) is 3.38. The minimum atomic E-state index is -0.0352. The van der Waals surface area contributed by atoms with Crippen molar-refractivity contribution in [1.82, 2.24) is 0 Å². The number of halogens is 1. The van der Waals surface area contributed by atoms with Crippen LogP contribution in [0.4, 0.5) is 5.69 Å². The summed E-state index contributed by atoms with van der Waals surface area (Å²) in [6.45, 7) is 0.527. The zero-order valence-corrected chi connectivity index (χ0v) is 13.3. The van der Waals surface area contributed by atoms with E-state index in [1.165, 1.54) is 11.3 Å². The summed E-state index contributed by atoms with van der Waals surface area (Å²) in [6, 6.07) is 23.2. The number of hydrogen-bond acceptors (Lipinski definition) is 2. The Bertz CT molecular complexity index is 755. The van der Waals surface area contributed by atoms with Crippen LogP contribution >= 0.6 is 22.9 Å². The summed E-state index contributed by atoms with van der Waals surface area (Å²) in [5, 5.41) is 0. The molecule has 0 aliphatic carbocycles. The fraction of sp³-hybridized carbons (Fsp3) is 0.0556. The summed E-state index contributed by atoms with van der Waals surface area (Å²) in [6.07, 6.45) is 0. The fourth-order valence-electron chi connectivity index (χ4n) is 2.22. The van der Waals surface area contributed by atoms with Gasteiger partial charge in [-0.1, -0.05) is 60.1 Å². The number of carbonyl (C=O) groups is 1. The van der Waals surface area contributed by atoms with Gasteiger partial charge in [0, 0.05) is 5.69 Å². The van der Waals surface area contributed by atoms with Gasteiger partial charge in [-0.15, -0.1) is 11.3 Å². The van der Waals surface area contributed by atoms with Gasteiger partial charge in [-0.2, -0.15) is 0 Å². The third-order valence-corrected chi connectivity index (χ3v) is 4.50. The van der Waals surface area contributed by atoms with Gasteiger partial charge < -0.3 is 4.90 Å². The molecule has 0 fully saturated rings. The molecule has 0 atom stereocenters. The van der Waals surface area contributed by atoms with Gasteiger partial charge in [0.15, 0.2) is 0 Å². The minimum Gasteiger partial charge on any atom is -0.303 e. The molecule has 0 saturated carbocycles. The van der Waals surface area contributed by atoms with Gasteiger partial charge in [0.05, 0.1) is 15.8 Å². The maximum atomic E-state index is 12.8. The molecule has 2 aromatic carbocycles. The first kappa shape index (κ1) is 14.8. The van der Waals surface area contributed by atoms with Crippen LogP contribution in [0.15, 0.2) is 72.8 Å². The summed E-state index contributed by atoms with van der Waals surface area (Å²) in [5.74, 6) is -0.0352. The lowest BCUT2D eigenvalue weighted by Gasteiger charge is -2.22. The molecule has 0 saturated heterocycles. The van der Waals surface area contributed by atoms with Gasteiger partial charge in [0.2, 0.25) is 0 Å². The lowest BCUT2D eigenvalue weighted by Crippen LogP contribution is -2.29. The van der Waals surface area contributed by atoms with Crippen molar-refractivity contribution in [2.75, 3.05) is 4.90 Å². The Morgan fingerprint density at radius 3 is 2.14 bits per heavy atom. The van der Waals surface area contributed by atoms with E-state index in [-0.39, 0.29) is 5.91 Å². The Hall–Kier alpha value is -2.10. The Morgan fingerprint density at radius 1 is 0.909 bits per heavy atom. The first-order valence-corrected chi connectivity index (χ1v) is 8.09. The summed E-state index contributed by atoms with van der Waals surface area (Å²) in [4.78, 5) is 15.3. The Morgan fingerprint density at radius 2 is 1.55 bits per heavy atom. The summed E-state index contributed by atoms with van der Waals surface area (Å²) in [5.41, 5.74) is 1.96. The van der Waals surface area contributed by atoms with Crippen molar-refractivity contribution in [3.05, 3.63) is 87.6 Å². The number of carbonyl (C=O) groups excluding carboxylic acids is 1. The van der Waals surface area contributed by atoms with Gasteiger partial charge in [0.25, 0.3) is 5.91 Å². The topological polar surface area (TPSA) is 20.3 Å². The molecular weight excluding hydrogens is 314 g/mol. The van der Waals surface area contributed by atoms with Crippen molar-refractivity contribution in [2.24, 2.45) is 0 Å². The molecule has 1 heterocycles. The van der Waals surface area contributed by atoms with Crippen LogP contribution in [-0.2, 0) is 6.54 Å². The molecule has 3 rings (SSSR count). The Balaban J connectivity index is 1.94. The monoisotopic (exact) mass is 327 g/mol. The van der Waals surface area contributed by atoms with Crippen LogP contribution in [0.5, 0.6) is 0 Å². The molecule has 110 valence electrons. The van der Waals surface area contributed by atoms with E-state index < -0.39 is 0 Å². The number of rotatable bonds is 4. The highest BCUT2D eigenvalue weighted by Gasteiger charge is 2.19. The average Bonchev–Trinajstić information content (AvgIpc) is 3.00. The van der Waals surface area contributed by atoms with Crippen molar-refractivity contribution in [3.63, 3.8) is 0 Å². The highest BCUT2D eigenvalue weighted by molar-refractivity contribution is 7.18. The lowest BCUT2D eigenvalue weighted by molar-refractivity contribution is 0.0989. The number of para-hydroxylation sites is 1. The van der Waals surface area contributed by atoms with Gasteiger partial charge >= 0.3 is 0 Å². The molecule has 2 nitrogen and oxygen atoms in total. The van der Waals surface area contributed by atoms with Crippen LogP contribution in [0.1, 0.15) is 15.2 Å². The molecule has 1 aromatic heterocycles. The molecule has 0 unspecified atom stereocenters. The van der Waals surface area contributed by atoms with Crippen LogP contribution < -0.4 is 4.90 Å². The molecule has 22 heavy (non-hydrogen) atoms. The number of amides is 1. The first-order valence-electron chi connectivity index (χ1n) is 6.90. The second kappa shape index (κ2) is 6.77. The van der Waals surface area contributed by atoms with Crippen LogP contribution in [0, 0.1) is 0 Å². The standard InChI is InChI=1S/C18H14ClNOS/c19-17-12-11-16(22-17)18(21)20(15-9-5-2-6-10-15)13-14-7-3-1-4-8-14/h1-12H,13H2. The van der Waals surface area contributed by atoms with E-state index in [9.17, 15) is 4.79 Å². The van der Waals surface area contributed by atoms with Gasteiger partial charge in [-0.3, -0.25) is 4.79 Å². The van der Waals surface area contributed by atoms with Crippen molar-refractivity contribution in [3.8, 4) is 0 Å². The zero-order chi connectivity index (χ0) is 15.4. The van der Waals surface area contributed by atoms with Gasteiger partial charge in [-0.25, -0.2) is 0 Å².